The fourth-order valence-corrected chi connectivity index (χ4v) is 1.61. The molecule has 1 rings (SSSR count). The van der Waals surface area contributed by atoms with Gasteiger partial charge in [0.2, 0.25) is 5.91 Å². The van der Waals surface area contributed by atoms with Crippen molar-refractivity contribution in [3.63, 3.8) is 0 Å². The number of nitrogens with zero attached hydrogens (tertiary/aromatic N) is 1. The Morgan fingerprint density at radius 3 is 2.81 bits per heavy atom. The Kier molecular flexibility index (Phi) is 4.30. The molecule has 0 saturated carbocycles. The fraction of sp³-hybridized carbons (Fsp3) is 0.300. The molecule has 0 aliphatic carbocycles. The number of benzene rings is 1. The molecule has 1 aromatic rings. The smallest absolute Gasteiger partial charge is 0.293 e. The number of anilines is 1. The minimum atomic E-state index is -0.498. The molecule has 1 aromatic carbocycles. The van der Waals surface area contributed by atoms with E-state index in [1.807, 2.05) is 0 Å². The molecule has 6 heteroatoms. The van der Waals surface area contributed by atoms with E-state index in [0.29, 0.717) is 5.56 Å². The zero-order chi connectivity index (χ0) is 12.1. The Hall–Kier alpha value is -1.56. The molecule has 0 radical (unpaired) electrons. The first-order valence-corrected chi connectivity index (χ1v) is 5.98. The van der Waals surface area contributed by atoms with Gasteiger partial charge in [-0.1, -0.05) is 12.1 Å². The first-order chi connectivity index (χ1) is 7.56. The van der Waals surface area contributed by atoms with Crippen LogP contribution in [0, 0.1) is 17.0 Å². The van der Waals surface area contributed by atoms with Gasteiger partial charge >= 0.3 is 0 Å². The first kappa shape index (κ1) is 12.5. The molecule has 1 amide bonds. The van der Waals surface area contributed by atoms with Gasteiger partial charge in [0.05, 0.1) is 10.7 Å². The molecule has 0 unspecified atom stereocenters. The van der Waals surface area contributed by atoms with E-state index in [1.165, 1.54) is 17.8 Å². The molecule has 0 spiro atoms. The molecule has 86 valence electrons. The van der Waals surface area contributed by atoms with Crippen molar-refractivity contribution in [2.24, 2.45) is 0 Å². The van der Waals surface area contributed by atoms with Gasteiger partial charge in [-0.05, 0) is 18.7 Å². The molecule has 0 fully saturated rings. The maximum absolute atomic E-state index is 11.4. The van der Waals surface area contributed by atoms with Crippen LogP contribution in [-0.2, 0) is 4.79 Å². The van der Waals surface area contributed by atoms with Crippen LogP contribution in [0.25, 0.3) is 0 Å². The van der Waals surface area contributed by atoms with Crippen LogP contribution in [0.1, 0.15) is 5.56 Å². The summed E-state index contributed by atoms with van der Waals surface area (Å²) in [6.45, 7) is 1.72. The quantitative estimate of drug-likeness (QED) is 0.647. The average molecular weight is 240 g/mol. The minimum absolute atomic E-state index is 0.0746. The number of nitro benzene ring substituents is 1. The normalized spacial score (nSPS) is 9.88. The Morgan fingerprint density at radius 2 is 2.25 bits per heavy atom. The SMILES string of the molecule is CSCC(=O)Nc1c(C)cccc1[N+](=O)[O-]. The van der Waals surface area contributed by atoms with Crippen LogP contribution in [0.5, 0.6) is 0 Å². The van der Waals surface area contributed by atoms with Gasteiger partial charge in [0.1, 0.15) is 5.69 Å². The maximum atomic E-state index is 11.4. The Balaban J connectivity index is 3.01. The molecule has 0 bridgehead atoms. The largest absolute Gasteiger partial charge is 0.319 e. The van der Waals surface area contributed by atoms with Gasteiger partial charge in [-0.3, -0.25) is 14.9 Å². The second-order valence-corrected chi connectivity index (χ2v) is 4.07. The van der Waals surface area contributed by atoms with E-state index in [1.54, 1.807) is 25.3 Å². The van der Waals surface area contributed by atoms with Gasteiger partial charge in [-0.2, -0.15) is 11.8 Å². The summed E-state index contributed by atoms with van der Waals surface area (Å²) in [6.07, 6.45) is 1.80. The summed E-state index contributed by atoms with van der Waals surface area (Å²) in [4.78, 5) is 21.6. The van der Waals surface area contributed by atoms with Crippen LogP contribution in [0.15, 0.2) is 18.2 Å². The maximum Gasteiger partial charge on any atom is 0.293 e. The molecule has 5 nitrogen and oxygen atoms in total. The number of rotatable bonds is 4. The zero-order valence-corrected chi connectivity index (χ0v) is 9.84. The number of nitro groups is 1. The topological polar surface area (TPSA) is 72.2 Å². The highest BCUT2D eigenvalue weighted by atomic mass is 32.2. The molecule has 0 aromatic heterocycles. The third-order valence-electron chi connectivity index (χ3n) is 1.99. The lowest BCUT2D eigenvalue weighted by Crippen LogP contribution is -2.15. The summed E-state index contributed by atoms with van der Waals surface area (Å²) in [5, 5.41) is 13.3. The molecule has 1 N–H and O–H groups in total. The third-order valence-corrected chi connectivity index (χ3v) is 2.54. The highest BCUT2D eigenvalue weighted by Gasteiger charge is 2.17. The van der Waals surface area contributed by atoms with Crippen LogP contribution in [0.3, 0.4) is 0 Å². The van der Waals surface area contributed by atoms with Crippen molar-refractivity contribution in [2.45, 2.75) is 6.92 Å². The fourth-order valence-electron chi connectivity index (χ4n) is 1.27. The summed E-state index contributed by atoms with van der Waals surface area (Å²) in [5.74, 6) is 0.0516. The van der Waals surface area contributed by atoms with Crippen LogP contribution < -0.4 is 5.32 Å². The van der Waals surface area contributed by atoms with Crippen molar-refractivity contribution in [2.75, 3.05) is 17.3 Å². The van der Waals surface area contributed by atoms with Crippen molar-refractivity contribution < 1.29 is 9.72 Å². The molecule has 0 atom stereocenters. The summed E-state index contributed by atoms with van der Waals surface area (Å²) in [6, 6.07) is 4.70. The minimum Gasteiger partial charge on any atom is -0.319 e. The van der Waals surface area contributed by atoms with Crippen molar-refractivity contribution in [1.29, 1.82) is 0 Å². The van der Waals surface area contributed by atoms with Gasteiger partial charge in [0, 0.05) is 6.07 Å². The number of aryl methyl sites for hydroxylation is 1. The van der Waals surface area contributed by atoms with Crippen LogP contribution in [0.2, 0.25) is 0 Å². The van der Waals surface area contributed by atoms with Gasteiger partial charge < -0.3 is 5.32 Å². The summed E-state index contributed by atoms with van der Waals surface area (Å²) in [5.41, 5.74) is 0.893. The predicted octanol–water partition coefficient (Wildman–Crippen LogP) is 2.20. The van der Waals surface area contributed by atoms with E-state index < -0.39 is 4.92 Å². The highest BCUT2D eigenvalue weighted by molar-refractivity contribution is 7.99. The predicted molar refractivity (Wildman–Crippen MR) is 64.8 cm³/mol. The Bertz CT molecular complexity index is 421. The van der Waals surface area contributed by atoms with Crippen molar-refractivity contribution >= 4 is 29.0 Å². The van der Waals surface area contributed by atoms with Gasteiger partial charge in [0.25, 0.3) is 5.69 Å². The highest BCUT2D eigenvalue weighted by Crippen LogP contribution is 2.27. The number of carbonyl (C=O) groups excluding carboxylic acids is 1. The second kappa shape index (κ2) is 5.50. The number of hydrogen-bond acceptors (Lipinski definition) is 4. The molecule has 16 heavy (non-hydrogen) atoms. The molecule has 0 aliphatic heterocycles. The van der Waals surface area contributed by atoms with Gasteiger partial charge in [0.15, 0.2) is 0 Å². The van der Waals surface area contributed by atoms with Crippen molar-refractivity contribution in [3.8, 4) is 0 Å². The molecular weight excluding hydrogens is 228 g/mol. The number of nitrogens with one attached hydrogen (secondary N) is 1. The van der Waals surface area contributed by atoms with E-state index in [4.69, 9.17) is 0 Å². The molecular formula is C10H12N2O3S. The Labute approximate surface area is 97.4 Å². The number of hydrogen-bond donors (Lipinski definition) is 1. The number of thioether (sulfide) groups is 1. The number of carbonyl (C=O) groups is 1. The van der Waals surface area contributed by atoms with Crippen LogP contribution in [0.4, 0.5) is 11.4 Å². The molecule has 0 saturated heterocycles. The zero-order valence-electron chi connectivity index (χ0n) is 9.02. The third kappa shape index (κ3) is 2.96. The van der Waals surface area contributed by atoms with Crippen molar-refractivity contribution in [1.82, 2.24) is 0 Å². The Morgan fingerprint density at radius 1 is 1.56 bits per heavy atom. The van der Waals surface area contributed by atoms with Crippen LogP contribution in [-0.4, -0.2) is 22.8 Å². The number of para-hydroxylation sites is 1. The van der Waals surface area contributed by atoms with E-state index in [-0.39, 0.29) is 23.0 Å². The lowest BCUT2D eigenvalue weighted by atomic mass is 10.1. The summed E-state index contributed by atoms with van der Waals surface area (Å²) >= 11 is 1.37. The number of amides is 1. The lowest BCUT2D eigenvalue weighted by molar-refractivity contribution is -0.384. The van der Waals surface area contributed by atoms with E-state index in [9.17, 15) is 14.9 Å². The van der Waals surface area contributed by atoms with Gasteiger partial charge in [-0.25, -0.2) is 0 Å². The van der Waals surface area contributed by atoms with Gasteiger partial charge in [-0.15, -0.1) is 0 Å². The second-order valence-electron chi connectivity index (χ2n) is 3.21. The van der Waals surface area contributed by atoms with Crippen LogP contribution >= 0.6 is 11.8 Å². The molecule has 0 aliphatic rings. The lowest BCUT2D eigenvalue weighted by Gasteiger charge is -2.07. The van der Waals surface area contributed by atoms with Crippen molar-refractivity contribution in [3.05, 3.63) is 33.9 Å². The van der Waals surface area contributed by atoms with E-state index in [0.717, 1.165) is 0 Å². The average Bonchev–Trinajstić information content (AvgIpc) is 2.21. The van der Waals surface area contributed by atoms with E-state index >= 15 is 0 Å². The summed E-state index contributed by atoms with van der Waals surface area (Å²) < 4.78 is 0. The molecule has 0 heterocycles. The summed E-state index contributed by atoms with van der Waals surface area (Å²) in [7, 11) is 0. The standard InChI is InChI=1S/C10H12N2O3S/c1-7-4-3-5-8(12(14)15)10(7)11-9(13)6-16-2/h3-5H,6H2,1-2H3,(H,11,13). The van der Waals surface area contributed by atoms with E-state index in [2.05, 4.69) is 5.32 Å². The first-order valence-electron chi connectivity index (χ1n) is 4.59. The monoisotopic (exact) mass is 240 g/mol.